The zero-order valence-corrected chi connectivity index (χ0v) is 10.3. The lowest BCUT2D eigenvalue weighted by atomic mass is 10.2. The molecule has 1 heterocycles. The summed E-state index contributed by atoms with van der Waals surface area (Å²) in [7, 11) is 1.75. The number of ether oxygens (including phenoxy) is 1. The predicted octanol–water partition coefficient (Wildman–Crippen LogP) is 1.20. The molecule has 92 valence electrons. The highest BCUT2D eigenvalue weighted by Crippen LogP contribution is 1.96. The number of unbranched alkanes of at least 4 members (excludes halogenated alkanes) is 2. The first kappa shape index (κ1) is 13.1. The van der Waals surface area contributed by atoms with Crippen molar-refractivity contribution in [2.24, 2.45) is 0 Å². The van der Waals surface area contributed by atoms with Gasteiger partial charge in [0.15, 0.2) is 0 Å². The molecule has 0 saturated heterocycles. The van der Waals surface area contributed by atoms with E-state index in [0.717, 1.165) is 38.5 Å². The molecule has 0 amide bonds. The fourth-order valence-corrected chi connectivity index (χ4v) is 1.56. The Morgan fingerprint density at radius 2 is 2.25 bits per heavy atom. The summed E-state index contributed by atoms with van der Waals surface area (Å²) in [5.41, 5.74) is 0. The summed E-state index contributed by atoms with van der Waals surface area (Å²) in [4.78, 5) is 4.20. The van der Waals surface area contributed by atoms with Crippen LogP contribution < -0.4 is 5.32 Å². The minimum absolute atomic E-state index is 0.804. The number of aryl methyl sites for hydroxylation is 1. The van der Waals surface area contributed by atoms with Crippen molar-refractivity contribution < 1.29 is 4.74 Å². The first-order valence-corrected chi connectivity index (χ1v) is 5.94. The molecule has 0 spiro atoms. The molecule has 0 fully saturated rings. The number of hydrogen-bond acceptors (Lipinski definition) is 4. The molecule has 0 radical (unpaired) electrons. The van der Waals surface area contributed by atoms with Crippen LogP contribution in [0.4, 0.5) is 0 Å². The number of hydrogen-bond donors (Lipinski definition) is 1. The quantitative estimate of drug-likeness (QED) is 0.643. The van der Waals surface area contributed by atoms with Crippen LogP contribution in [0.2, 0.25) is 0 Å². The maximum Gasteiger partial charge on any atom is 0.140 e. The highest BCUT2D eigenvalue weighted by atomic mass is 16.5. The molecule has 5 nitrogen and oxygen atoms in total. The van der Waals surface area contributed by atoms with Crippen molar-refractivity contribution in [1.82, 2.24) is 20.1 Å². The van der Waals surface area contributed by atoms with E-state index in [1.54, 1.807) is 13.4 Å². The van der Waals surface area contributed by atoms with Gasteiger partial charge in [0.05, 0.1) is 6.54 Å². The summed E-state index contributed by atoms with van der Waals surface area (Å²) in [5, 5.41) is 7.50. The average Bonchev–Trinajstić information content (AvgIpc) is 2.75. The molecule has 5 heteroatoms. The zero-order chi connectivity index (χ0) is 11.6. The average molecular weight is 226 g/mol. The standard InChI is InChI=1S/C11H22N4O/c1-3-15-11(13-10-14-15)9-12-7-5-4-6-8-16-2/h10,12H,3-9H2,1-2H3. The van der Waals surface area contributed by atoms with Gasteiger partial charge in [-0.2, -0.15) is 5.10 Å². The van der Waals surface area contributed by atoms with Crippen LogP contribution >= 0.6 is 0 Å². The van der Waals surface area contributed by atoms with Gasteiger partial charge in [0.2, 0.25) is 0 Å². The van der Waals surface area contributed by atoms with Crippen molar-refractivity contribution in [3.63, 3.8) is 0 Å². The van der Waals surface area contributed by atoms with Gasteiger partial charge in [-0.05, 0) is 32.7 Å². The summed E-state index contributed by atoms with van der Waals surface area (Å²) in [5.74, 6) is 1.01. The van der Waals surface area contributed by atoms with Crippen LogP contribution in [0, 0.1) is 0 Å². The van der Waals surface area contributed by atoms with Crippen LogP contribution in [0.3, 0.4) is 0 Å². The summed E-state index contributed by atoms with van der Waals surface area (Å²) >= 11 is 0. The Hall–Kier alpha value is -0.940. The van der Waals surface area contributed by atoms with Crippen LogP contribution in [0.1, 0.15) is 32.0 Å². The van der Waals surface area contributed by atoms with E-state index < -0.39 is 0 Å². The van der Waals surface area contributed by atoms with Gasteiger partial charge in [-0.3, -0.25) is 0 Å². The van der Waals surface area contributed by atoms with Crippen LogP contribution in [0.25, 0.3) is 0 Å². The predicted molar refractivity (Wildman–Crippen MR) is 63.1 cm³/mol. The van der Waals surface area contributed by atoms with Gasteiger partial charge < -0.3 is 10.1 Å². The third-order valence-corrected chi connectivity index (χ3v) is 2.48. The van der Waals surface area contributed by atoms with E-state index in [1.165, 1.54) is 12.8 Å². The summed E-state index contributed by atoms with van der Waals surface area (Å²) in [6, 6.07) is 0. The molecule has 0 saturated carbocycles. The Morgan fingerprint density at radius 3 is 3.00 bits per heavy atom. The first-order chi connectivity index (χ1) is 7.88. The molecule has 0 aliphatic heterocycles. The molecule has 0 aliphatic carbocycles. The second kappa shape index (κ2) is 8.24. The first-order valence-electron chi connectivity index (χ1n) is 5.94. The highest BCUT2D eigenvalue weighted by molar-refractivity contribution is 4.83. The van der Waals surface area contributed by atoms with E-state index in [0.29, 0.717) is 0 Å². The molecule has 0 atom stereocenters. The number of rotatable bonds is 9. The van der Waals surface area contributed by atoms with Crippen LogP contribution in [0.5, 0.6) is 0 Å². The Balaban J connectivity index is 2.03. The van der Waals surface area contributed by atoms with Crippen molar-refractivity contribution in [3.8, 4) is 0 Å². The molecule has 0 unspecified atom stereocenters. The van der Waals surface area contributed by atoms with Gasteiger partial charge >= 0.3 is 0 Å². The van der Waals surface area contributed by atoms with Crippen LogP contribution in [0.15, 0.2) is 6.33 Å². The normalized spacial score (nSPS) is 10.9. The summed E-state index contributed by atoms with van der Waals surface area (Å²) in [6.45, 7) is 5.65. The van der Waals surface area contributed by atoms with E-state index in [4.69, 9.17) is 4.74 Å². The minimum atomic E-state index is 0.804. The van der Waals surface area contributed by atoms with Crippen LogP contribution in [-0.4, -0.2) is 35.0 Å². The van der Waals surface area contributed by atoms with E-state index >= 15 is 0 Å². The molecule has 16 heavy (non-hydrogen) atoms. The Morgan fingerprint density at radius 1 is 1.38 bits per heavy atom. The topological polar surface area (TPSA) is 52.0 Å². The number of aromatic nitrogens is 3. The lowest BCUT2D eigenvalue weighted by Crippen LogP contribution is -2.18. The van der Waals surface area contributed by atoms with E-state index in [2.05, 4.69) is 22.3 Å². The zero-order valence-electron chi connectivity index (χ0n) is 10.3. The lowest BCUT2D eigenvalue weighted by molar-refractivity contribution is 0.192. The largest absolute Gasteiger partial charge is 0.385 e. The van der Waals surface area contributed by atoms with Crippen molar-refractivity contribution in [3.05, 3.63) is 12.2 Å². The molecule has 1 N–H and O–H groups in total. The maximum atomic E-state index is 5.00. The molecule has 0 aromatic carbocycles. The van der Waals surface area contributed by atoms with Crippen molar-refractivity contribution >= 4 is 0 Å². The van der Waals surface area contributed by atoms with Crippen molar-refractivity contribution in [1.29, 1.82) is 0 Å². The van der Waals surface area contributed by atoms with Gasteiger partial charge in [0.25, 0.3) is 0 Å². The molecule has 0 aliphatic rings. The van der Waals surface area contributed by atoms with E-state index in [-0.39, 0.29) is 0 Å². The maximum absolute atomic E-state index is 5.00. The second-order valence-electron chi connectivity index (χ2n) is 3.72. The van der Waals surface area contributed by atoms with Crippen molar-refractivity contribution in [2.75, 3.05) is 20.3 Å². The summed E-state index contributed by atoms with van der Waals surface area (Å²) in [6.07, 6.45) is 5.15. The van der Waals surface area contributed by atoms with Gasteiger partial charge in [-0.1, -0.05) is 0 Å². The van der Waals surface area contributed by atoms with Gasteiger partial charge in [0.1, 0.15) is 12.2 Å². The summed E-state index contributed by atoms with van der Waals surface area (Å²) < 4.78 is 6.91. The smallest absolute Gasteiger partial charge is 0.140 e. The van der Waals surface area contributed by atoms with E-state index in [1.807, 2.05) is 4.68 Å². The molecule has 1 aromatic heterocycles. The van der Waals surface area contributed by atoms with Gasteiger partial charge in [-0.25, -0.2) is 9.67 Å². The van der Waals surface area contributed by atoms with Crippen LogP contribution in [-0.2, 0) is 17.8 Å². The Kier molecular flexibility index (Phi) is 6.76. The molecular formula is C11H22N4O. The lowest BCUT2D eigenvalue weighted by Gasteiger charge is -2.05. The molecule has 0 bridgehead atoms. The highest BCUT2D eigenvalue weighted by Gasteiger charge is 2.00. The third kappa shape index (κ3) is 4.72. The van der Waals surface area contributed by atoms with Gasteiger partial charge in [-0.15, -0.1) is 0 Å². The third-order valence-electron chi connectivity index (χ3n) is 2.48. The monoisotopic (exact) mass is 226 g/mol. The minimum Gasteiger partial charge on any atom is -0.385 e. The van der Waals surface area contributed by atoms with Crippen molar-refractivity contribution in [2.45, 2.75) is 39.3 Å². The number of nitrogens with one attached hydrogen (secondary N) is 1. The fourth-order valence-electron chi connectivity index (χ4n) is 1.56. The molecular weight excluding hydrogens is 204 g/mol. The molecule has 1 aromatic rings. The van der Waals surface area contributed by atoms with Gasteiger partial charge in [0, 0.05) is 20.3 Å². The van der Waals surface area contributed by atoms with E-state index in [9.17, 15) is 0 Å². The molecule has 1 rings (SSSR count). The second-order valence-corrected chi connectivity index (χ2v) is 3.72. The number of nitrogens with zero attached hydrogens (tertiary/aromatic N) is 3. The Labute approximate surface area is 97.2 Å². The fraction of sp³-hybridized carbons (Fsp3) is 0.818. The number of methoxy groups -OCH3 is 1. The SMILES string of the molecule is CCn1ncnc1CNCCCCCOC. The Bertz CT molecular complexity index is 275.